The average Bonchev–Trinajstić information content (AvgIpc) is 2.38. The van der Waals surface area contributed by atoms with Gasteiger partial charge in [0.15, 0.2) is 0 Å². The Morgan fingerprint density at radius 3 is 3.12 bits per heavy atom. The Bertz CT molecular complexity index is 372. The predicted octanol–water partition coefficient (Wildman–Crippen LogP) is 1.20. The van der Waals surface area contributed by atoms with Crippen molar-refractivity contribution in [3.63, 3.8) is 0 Å². The number of pyridine rings is 1. The van der Waals surface area contributed by atoms with Gasteiger partial charge < -0.3 is 10.6 Å². The highest BCUT2D eigenvalue weighted by molar-refractivity contribution is 5.92. The second-order valence-electron chi connectivity index (χ2n) is 4.99. The van der Waals surface area contributed by atoms with E-state index in [1.807, 2.05) is 12.1 Å². The Balaban J connectivity index is 1.87. The predicted molar refractivity (Wildman–Crippen MR) is 66.8 cm³/mol. The van der Waals surface area contributed by atoms with Crippen molar-refractivity contribution in [1.82, 2.24) is 15.6 Å². The fourth-order valence-corrected chi connectivity index (χ4v) is 2.15. The molecule has 17 heavy (non-hydrogen) atoms. The number of nitrogens with one attached hydrogen (secondary N) is 2. The molecule has 2 rings (SSSR count). The smallest absolute Gasteiger partial charge is 0.269 e. The van der Waals surface area contributed by atoms with Crippen LogP contribution in [0.25, 0.3) is 0 Å². The molecule has 0 aliphatic carbocycles. The lowest BCUT2D eigenvalue weighted by Gasteiger charge is -2.34. The van der Waals surface area contributed by atoms with Crippen LogP contribution in [0.15, 0.2) is 24.4 Å². The van der Waals surface area contributed by atoms with Gasteiger partial charge in [-0.05, 0) is 36.9 Å². The first-order valence-electron chi connectivity index (χ1n) is 6.10. The largest absolute Gasteiger partial charge is 0.350 e. The normalized spacial score (nSPS) is 24.3. The third-order valence-corrected chi connectivity index (χ3v) is 3.26. The minimum atomic E-state index is -0.0857. The molecule has 4 nitrogen and oxygen atoms in total. The molecule has 1 saturated heterocycles. The number of carbonyl (C=O) groups excluding carboxylic acids is 1. The highest BCUT2D eigenvalue weighted by atomic mass is 16.1. The molecule has 1 unspecified atom stereocenters. The quantitative estimate of drug-likeness (QED) is 0.825. The summed E-state index contributed by atoms with van der Waals surface area (Å²) in [5.41, 5.74) is 0.655. The minimum Gasteiger partial charge on any atom is -0.350 e. The topological polar surface area (TPSA) is 54.0 Å². The van der Waals surface area contributed by atoms with Crippen LogP contribution in [0.2, 0.25) is 0 Å². The van der Waals surface area contributed by atoms with Gasteiger partial charge >= 0.3 is 0 Å². The van der Waals surface area contributed by atoms with Crippen molar-refractivity contribution in [1.29, 1.82) is 0 Å². The standard InChI is InChI=1S/C13H19N3O/c1-13(6-4-7-14-9-13)10-16-12(17)11-5-2-3-8-15-11/h2-3,5,8,14H,4,6-7,9-10H2,1H3,(H,16,17). The number of aromatic nitrogens is 1. The highest BCUT2D eigenvalue weighted by Crippen LogP contribution is 2.24. The summed E-state index contributed by atoms with van der Waals surface area (Å²) in [6, 6.07) is 5.37. The van der Waals surface area contributed by atoms with Crippen molar-refractivity contribution in [2.45, 2.75) is 19.8 Å². The molecule has 2 N–H and O–H groups in total. The van der Waals surface area contributed by atoms with Crippen LogP contribution in [0.3, 0.4) is 0 Å². The lowest BCUT2D eigenvalue weighted by atomic mass is 9.83. The van der Waals surface area contributed by atoms with Gasteiger partial charge in [0.05, 0.1) is 0 Å². The van der Waals surface area contributed by atoms with Crippen LogP contribution in [-0.2, 0) is 0 Å². The first-order chi connectivity index (χ1) is 8.20. The molecular formula is C13H19N3O. The number of hydrogen-bond acceptors (Lipinski definition) is 3. The van der Waals surface area contributed by atoms with Gasteiger partial charge in [-0.2, -0.15) is 0 Å². The van der Waals surface area contributed by atoms with Crippen molar-refractivity contribution in [2.75, 3.05) is 19.6 Å². The summed E-state index contributed by atoms with van der Waals surface area (Å²) in [5, 5.41) is 6.34. The molecule has 1 fully saturated rings. The van der Waals surface area contributed by atoms with E-state index in [-0.39, 0.29) is 11.3 Å². The number of nitrogens with zero attached hydrogens (tertiary/aromatic N) is 1. The summed E-state index contributed by atoms with van der Waals surface area (Å²) in [7, 11) is 0. The Kier molecular flexibility index (Phi) is 3.74. The molecule has 0 saturated carbocycles. The van der Waals surface area contributed by atoms with Crippen LogP contribution in [0.5, 0.6) is 0 Å². The first-order valence-corrected chi connectivity index (χ1v) is 6.10. The van der Waals surface area contributed by atoms with Gasteiger partial charge in [-0.25, -0.2) is 0 Å². The lowest BCUT2D eigenvalue weighted by molar-refractivity contribution is 0.0919. The van der Waals surface area contributed by atoms with Crippen LogP contribution in [0.4, 0.5) is 0 Å². The number of hydrogen-bond donors (Lipinski definition) is 2. The van der Waals surface area contributed by atoms with Gasteiger partial charge in [0.1, 0.15) is 5.69 Å². The monoisotopic (exact) mass is 233 g/mol. The van der Waals surface area contributed by atoms with Crippen molar-refractivity contribution >= 4 is 5.91 Å². The Hall–Kier alpha value is -1.42. The molecule has 0 bridgehead atoms. The van der Waals surface area contributed by atoms with Gasteiger partial charge in [0.25, 0.3) is 5.91 Å². The molecule has 4 heteroatoms. The van der Waals surface area contributed by atoms with E-state index in [0.717, 1.165) is 19.5 Å². The molecule has 1 aliphatic heterocycles. The maximum absolute atomic E-state index is 11.8. The molecule has 2 heterocycles. The molecule has 0 radical (unpaired) electrons. The molecule has 0 spiro atoms. The van der Waals surface area contributed by atoms with E-state index in [1.165, 1.54) is 6.42 Å². The minimum absolute atomic E-state index is 0.0857. The van der Waals surface area contributed by atoms with E-state index in [0.29, 0.717) is 12.2 Å². The Morgan fingerprint density at radius 2 is 2.47 bits per heavy atom. The second kappa shape index (κ2) is 5.27. The Morgan fingerprint density at radius 1 is 1.59 bits per heavy atom. The lowest BCUT2D eigenvalue weighted by Crippen LogP contribution is -2.45. The fraction of sp³-hybridized carbons (Fsp3) is 0.538. The average molecular weight is 233 g/mol. The zero-order valence-corrected chi connectivity index (χ0v) is 10.2. The summed E-state index contributed by atoms with van der Waals surface area (Å²) in [6.45, 7) is 4.96. The number of carbonyl (C=O) groups is 1. The third kappa shape index (κ3) is 3.27. The summed E-state index contributed by atoms with van der Waals surface area (Å²) in [4.78, 5) is 15.9. The van der Waals surface area contributed by atoms with Gasteiger partial charge in [-0.3, -0.25) is 9.78 Å². The van der Waals surface area contributed by atoms with E-state index in [2.05, 4.69) is 22.5 Å². The molecule has 0 aromatic carbocycles. The van der Waals surface area contributed by atoms with E-state index >= 15 is 0 Å². The number of piperidine rings is 1. The molecule has 1 amide bonds. The summed E-state index contributed by atoms with van der Waals surface area (Å²) in [5.74, 6) is -0.0857. The summed E-state index contributed by atoms with van der Waals surface area (Å²) >= 11 is 0. The zero-order valence-electron chi connectivity index (χ0n) is 10.2. The van der Waals surface area contributed by atoms with Crippen molar-refractivity contribution in [2.24, 2.45) is 5.41 Å². The number of rotatable bonds is 3. The molecule has 92 valence electrons. The molecule has 1 aromatic rings. The van der Waals surface area contributed by atoms with Crippen LogP contribution in [0, 0.1) is 5.41 Å². The van der Waals surface area contributed by atoms with Crippen LogP contribution >= 0.6 is 0 Å². The maximum atomic E-state index is 11.8. The van der Waals surface area contributed by atoms with E-state index in [1.54, 1.807) is 12.3 Å². The summed E-state index contributed by atoms with van der Waals surface area (Å²) < 4.78 is 0. The zero-order chi connectivity index (χ0) is 12.1. The Labute approximate surface area is 102 Å². The molecule has 1 atom stereocenters. The van der Waals surface area contributed by atoms with Gasteiger partial charge in [0.2, 0.25) is 0 Å². The first kappa shape index (κ1) is 12.0. The van der Waals surface area contributed by atoms with Crippen molar-refractivity contribution in [3.8, 4) is 0 Å². The van der Waals surface area contributed by atoms with E-state index in [4.69, 9.17) is 0 Å². The highest BCUT2D eigenvalue weighted by Gasteiger charge is 2.27. The van der Waals surface area contributed by atoms with Crippen molar-refractivity contribution in [3.05, 3.63) is 30.1 Å². The van der Waals surface area contributed by atoms with Gasteiger partial charge in [-0.15, -0.1) is 0 Å². The van der Waals surface area contributed by atoms with Crippen molar-refractivity contribution < 1.29 is 4.79 Å². The van der Waals surface area contributed by atoms with E-state index < -0.39 is 0 Å². The molecule has 1 aromatic heterocycles. The van der Waals surface area contributed by atoms with Crippen LogP contribution in [-0.4, -0.2) is 30.5 Å². The third-order valence-electron chi connectivity index (χ3n) is 3.26. The van der Waals surface area contributed by atoms with E-state index in [9.17, 15) is 4.79 Å². The fourth-order valence-electron chi connectivity index (χ4n) is 2.15. The second-order valence-corrected chi connectivity index (χ2v) is 4.99. The number of amides is 1. The van der Waals surface area contributed by atoms with Gasteiger partial charge in [0, 0.05) is 19.3 Å². The maximum Gasteiger partial charge on any atom is 0.269 e. The summed E-state index contributed by atoms with van der Waals surface area (Å²) in [6.07, 6.45) is 3.97. The SMILES string of the molecule is CC1(CNC(=O)c2ccccn2)CCCNC1. The van der Waals surface area contributed by atoms with Crippen LogP contribution < -0.4 is 10.6 Å². The van der Waals surface area contributed by atoms with Crippen LogP contribution in [0.1, 0.15) is 30.3 Å². The molecule has 1 aliphatic rings. The molecular weight excluding hydrogens is 214 g/mol. The van der Waals surface area contributed by atoms with Gasteiger partial charge in [-0.1, -0.05) is 13.0 Å².